The molecule has 4 nitrogen and oxygen atoms in total. The summed E-state index contributed by atoms with van der Waals surface area (Å²) >= 11 is 0. The van der Waals surface area contributed by atoms with E-state index in [2.05, 4.69) is 16.6 Å². The van der Waals surface area contributed by atoms with Crippen LogP contribution in [0.3, 0.4) is 0 Å². The van der Waals surface area contributed by atoms with E-state index in [0.717, 1.165) is 31.5 Å². The van der Waals surface area contributed by atoms with Crippen molar-refractivity contribution >= 4 is 0 Å². The molecule has 2 saturated carbocycles. The third kappa shape index (κ3) is 2.77. The number of fused-ring (bicyclic) bond motifs is 2. The Bertz CT molecular complexity index is 445. The minimum absolute atomic E-state index is 0.458. The van der Waals surface area contributed by atoms with Gasteiger partial charge in [0.2, 0.25) is 0 Å². The number of methoxy groups -OCH3 is 1. The molecular formula is C16H27N3O. The standard InChI is InChI=1S/C16H27N3O/c1-19-11-14(10-18-19)9-16(12-17-5-6-20-2)8-13-3-4-15(16)7-13/h10-11,13,15,17H,3-9,12H2,1-2H3. The molecule has 1 aromatic rings. The molecule has 1 heterocycles. The summed E-state index contributed by atoms with van der Waals surface area (Å²) in [4.78, 5) is 0. The van der Waals surface area contributed by atoms with Crippen molar-refractivity contribution in [2.75, 3.05) is 26.8 Å². The van der Waals surface area contributed by atoms with Crippen LogP contribution in [-0.4, -0.2) is 36.6 Å². The van der Waals surface area contributed by atoms with Crippen molar-refractivity contribution in [2.45, 2.75) is 32.1 Å². The van der Waals surface area contributed by atoms with Gasteiger partial charge < -0.3 is 10.1 Å². The highest BCUT2D eigenvalue weighted by molar-refractivity contribution is 5.13. The number of nitrogens with zero attached hydrogens (tertiary/aromatic N) is 2. The zero-order valence-electron chi connectivity index (χ0n) is 12.8. The highest BCUT2D eigenvalue weighted by Gasteiger charge is 2.50. The van der Waals surface area contributed by atoms with Crippen molar-refractivity contribution < 1.29 is 4.74 Å². The maximum Gasteiger partial charge on any atom is 0.0587 e. The fourth-order valence-corrected chi connectivity index (χ4v) is 4.53. The number of ether oxygens (including phenoxy) is 1. The molecule has 0 spiro atoms. The molecule has 0 aromatic carbocycles. The number of aryl methyl sites for hydroxylation is 1. The molecule has 0 saturated heterocycles. The van der Waals surface area contributed by atoms with Crippen molar-refractivity contribution in [1.29, 1.82) is 0 Å². The third-order valence-corrected chi connectivity index (χ3v) is 5.38. The monoisotopic (exact) mass is 277 g/mol. The molecule has 20 heavy (non-hydrogen) atoms. The predicted octanol–water partition coefficient (Wildman–Crippen LogP) is 2.00. The second-order valence-electron chi connectivity index (χ2n) is 6.81. The van der Waals surface area contributed by atoms with Gasteiger partial charge in [-0.25, -0.2) is 0 Å². The van der Waals surface area contributed by atoms with Gasteiger partial charge in [-0.3, -0.25) is 4.68 Å². The molecular weight excluding hydrogens is 250 g/mol. The molecule has 2 aliphatic carbocycles. The minimum Gasteiger partial charge on any atom is -0.383 e. The Morgan fingerprint density at radius 3 is 3.00 bits per heavy atom. The number of hydrogen-bond donors (Lipinski definition) is 1. The Morgan fingerprint density at radius 2 is 2.40 bits per heavy atom. The normalized spacial score (nSPS) is 32.1. The van der Waals surface area contributed by atoms with E-state index in [-0.39, 0.29) is 0 Å². The Balaban J connectivity index is 1.67. The predicted molar refractivity (Wildman–Crippen MR) is 79.5 cm³/mol. The van der Waals surface area contributed by atoms with E-state index < -0.39 is 0 Å². The molecule has 2 fully saturated rings. The Labute approximate surface area is 121 Å². The summed E-state index contributed by atoms with van der Waals surface area (Å²) < 4.78 is 7.07. The summed E-state index contributed by atoms with van der Waals surface area (Å²) in [5.41, 5.74) is 1.85. The first-order chi connectivity index (χ1) is 9.72. The van der Waals surface area contributed by atoms with Gasteiger partial charge in [0.15, 0.2) is 0 Å². The van der Waals surface area contributed by atoms with E-state index >= 15 is 0 Å². The lowest BCUT2D eigenvalue weighted by molar-refractivity contribution is 0.145. The van der Waals surface area contributed by atoms with Gasteiger partial charge in [0.25, 0.3) is 0 Å². The Kier molecular flexibility index (Phi) is 4.13. The summed E-state index contributed by atoms with van der Waals surface area (Å²) in [5, 5.41) is 7.97. The highest BCUT2D eigenvalue weighted by Crippen LogP contribution is 2.57. The average Bonchev–Trinajstić information content (AvgIpc) is 3.11. The second-order valence-corrected chi connectivity index (χ2v) is 6.81. The zero-order chi connectivity index (χ0) is 14.0. The summed E-state index contributed by atoms with van der Waals surface area (Å²) in [6, 6.07) is 0. The van der Waals surface area contributed by atoms with Crippen molar-refractivity contribution in [3.8, 4) is 0 Å². The lowest BCUT2D eigenvalue weighted by Gasteiger charge is -2.38. The molecule has 2 bridgehead atoms. The number of nitrogens with one attached hydrogen (secondary N) is 1. The van der Waals surface area contributed by atoms with Crippen LogP contribution in [0.5, 0.6) is 0 Å². The summed E-state index contributed by atoms with van der Waals surface area (Å²) in [5.74, 6) is 1.88. The topological polar surface area (TPSA) is 39.1 Å². The minimum atomic E-state index is 0.458. The maximum atomic E-state index is 5.15. The summed E-state index contributed by atoms with van der Waals surface area (Å²) in [7, 11) is 3.78. The molecule has 3 atom stereocenters. The molecule has 112 valence electrons. The largest absolute Gasteiger partial charge is 0.383 e. The van der Waals surface area contributed by atoms with Crippen molar-refractivity contribution in [3.05, 3.63) is 18.0 Å². The van der Waals surface area contributed by atoms with Crippen LogP contribution in [0.1, 0.15) is 31.2 Å². The van der Waals surface area contributed by atoms with E-state index in [0.29, 0.717) is 5.41 Å². The first-order valence-electron chi connectivity index (χ1n) is 7.89. The van der Waals surface area contributed by atoms with E-state index in [4.69, 9.17) is 4.74 Å². The third-order valence-electron chi connectivity index (χ3n) is 5.38. The van der Waals surface area contributed by atoms with Crippen LogP contribution >= 0.6 is 0 Å². The maximum absolute atomic E-state index is 5.15. The molecule has 1 aromatic heterocycles. The van der Waals surface area contributed by atoms with E-state index in [1.54, 1.807) is 7.11 Å². The van der Waals surface area contributed by atoms with E-state index in [1.807, 2.05) is 17.9 Å². The molecule has 0 aliphatic heterocycles. The van der Waals surface area contributed by atoms with Crippen LogP contribution in [0.25, 0.3) is 0 Å². The van der Waals surface area contributed by atoms with Gasteiger partial charge in [0, 0.05) is 33.4 Å². The lowest BCUT2D eigenvalue weighted by atomic mass is 9.69. The fourth-order valence-electron chi connectivity index (χ4n) is 4.53. The van der Waals surface area contributed by atoms with Gasteiger partial charge in [0.1, 0.15) is 0 Å². The van der Waals surface area contributed by atoms with Crippen LogP contribution in [0.4, 0.5) is 0 Å². The number of hydrogen-bond acceptors (Lipinski definition) is 3. The van der Waals surface area contributed by atoms with Gasteiger partial charge >= 0.3 is 0 Å². The number of aromatic nitrogens is 2. The molecule has 0 radical (unpaired) electrons. The number of rotatable bonds is 7. The highest BCUT2D eigenvalue weighted by atomic mass is 16.5. The molecule has 4 heteroatoms. The smallest absolute Gasteiger partial charge is 0.0587 e. The fraction of sp³-hybridized carbons (Fsp3) is 0.812. The van der Waals surface area contributed by atoms with Gasteiger partial charge in [-0.15, -0.1) is 0 Å². The Morgan fingerprint density at radius 1 is 1.50 bits per heavy atom. The first kappa shape index (κ1) is 14.1. The van der Waals surface area contributed by atoms with Crippen molar-refractivity contribution in [1.82, 2.24) is 15.1 Å². The van der Waals surface area contributed by atoms with Crippen LogP contribution < -0.4 is 5.32 Å². The lowest BCUT2D eigenvalue weighted by Crippen LogP contribution is -2.41. The molecule has 3 unspecified atom stereocenters. The molecule has 3 rings (SSSR count). The van der Waals surface area contributed by atoms with Gasteiger partial charge in [0.05, 0.1) is 12.8 Å². The first-order valence-corrected chi connectivity index (χ1v) is 7.89. The van der Waals surface area contributed by atoms with Gasteiger partial charge in [-0.1, -0.05) is 6.42 Å². The summed E-state index contributed by atoms with van der Waals surface area (Å²) in [6.45, 7) is 2.90. The van der Waals surface area contributed by atoms with E-state index in [9.17, 15) is 0 Å². The Hall–Kier alpha value is -0.870. The molecule has 2 aliphatic rings. The van der Waals surface area contributed by atoms with Crippen LogP contribution in [0, 0.1) is 17.3 Å². The molecule has 0 amide bonds. The zero-order valence-corrected chi connectivity index (χ0v) is 12.8. The van der Waals surface area contributed by atoms with Gasteiger partial charge in [-0.2, -0.15) is 5.10 Å². The average molecular weight is 277 g/mol. The van der Waals surface area contributed by atoms with Crippen LogP contribution in [-0.2, 0) is 18.2 Å². The second kappa shape index (κ2) is 5.86. The van der Waals surface area contributed by atoms with E-state index in [1.165, 1.54) is 37.7 Å². The van der Waals surface area contributed by atoms with Crippen LogP contribution in [0.2, 0.25) is 0 Å². The van der Waals surface area contributed by atoms with Crippen LogP contribution in [0.15, 0.2) is 12.4 Å². The SMILES string of the molecule is COCCNCC1(Cc2cnn(C)c2)CC2CCC1C2. The van der Waals surface area contributed by atoms with Crippen molar-refractivity contribution in [3.63, 3.8) is 0 Å². The molecule has 1 N–H and O–H groups in total. The summed E-state index contributed by atoms with van der Waals surface area (Å²) in [6.07, 6.45) is 11.1. The van der Waals surface area contributed by atoms with Gasteiger partial charge in [-0.05, 0) is 48.5 Å². The quantitative estimate of drug-likeness (QED) is 0.775. The van der Waals surface area contributed by atoms with Crippen molar-refractivity contribution in [2.24, 2.45) is 24.3 Å².